The molecule has 0 aliphatic heterocycles. The number of halogens is 1. The smallest absolute Gasteiger partial charge is 0.244 e. The molecule has 0 saturated carbocycles. The lowest BCUT2D eigenvalue weighted by atomic mass is 10.2. The molecule has 2 heterocycles. The molecule has 0 fully saturated rings. The van der Waals surface area contributed by atoms with Crippen molar-refractivity contribution in [2.24, 2.45) is 7.05 Å². The van der Waals surface area contributed by atoms with Gasteiger partial charge in [0, 0.05) is 33.4 Å². The summed E-state index contributed by atoms with van der Waals surface area (Å²) < 4.78 is 3.77. The van der Waals surface area contributed by atoms with Gasteiger partial charge in [0.25, 0.3) is 0 Å². The van der Waals surface area contributed by atoms with Crippen LogP contribution < -0.4 is 0 Å². The van der Waals surface area contributed by atoms with E-state index in [-0.39, 0.29) is 11.9 Å². The fraction of sp³-hybridized carbons (Fsp3) is 0.643. The van der Waals surface area contributed by atoms with E-state index in [2.05, 4.69) is 17.0 Å². The highest BCUT2D eigenvalue weighted by atomic mass is 35.5. The van der Waals surface area contributed by atoms with Crippen LogP contribution in [0, 0.1) is 0 Å². The molecule has 0 spiro atoms. The van der Waals surface area contributed by atoms with Crippen molar-refractivity contribution in [3.63, 3.8) is 0 Å². The van der Waals surface area contributed by atoms with Crippen molar-refractivity contribution in [1.29, 1.82) is 0 Å². The number of aromatic nitrogens is 4. The van der Waals surface area contributed by atoms with Crippen LogP contribution in [0.3, 0.4) is 0 Å². The van der Waals surface area contributed by atoms with Crippen molar-refractivity contribution in [1.82, 2.24) is 24.2 Å². The van der Waals surface area contributed by atoms with E-state index in [9.17, 15) is 4.79 Å². The molecule has 0 aliphatic rings. The van der Waals surface area contributed by atoms with Gasteiger partial charge in [-0.25, -0.2) is 4.98 Å². The molecule has 1 amide bonds. The maximum Gasteiger partial charge on any atom is 0.244 e. The lowest BCUT2D eigenvalue weighted by Gasteiger charge is -2.20. The Morgan fingerprint density at radius 2 is 2.10 bits per heavy atom. The van der Waals surface area contributed by atoms with Crippen LogP contribution in [0.1, 0.15) is 31.4 Å². The molecule has 7 heteroatoms. The molecule has 1 unspecified atom stereocenters. The van der Waals surface area contributed by atoms with Gasteiger partial charge < -0.3 is 9.47 Å². The number of rotatable bonds is 5. The minimum atomic E-state index is -0.330. The number of nitrogens with zero attached hydrogens (tertiary/aromatic N) is 5. The molecule has 1 atom stereocenters. The Morgan fingerprint density at radius 1 is 1.43 bits per heavy atom. The third-order valence-corrected chi connectivity index (χ3v) is 3.84. The van der Waals surface area contributed by atoms with Gasteiger partial charge in [-0.3, -0.25) is 9.48 Å². The molecule has 21 heavy (non-hydrogen) atoms. The summed E-state index contributed by atoms with van der Waals surface area (Å²) in [7, 11) is 5.40. The maximum absolute atomic E-state index is 12.3. The van der Waals surface area contributed by atoms with Crippen LogP contribution in [0.15, 0.2) is 0 Å². The van der Waals surface area contributed by atoms with Crippen LogP contribution in [0.2, 0.25) is 0 Å². The number of likely N-dealkylation sites (N-methyl/N-ethyl adjacent to an activating group) is 1. The Labute approximate surface area is 129 Å². The Kier molecular flexibility index (Phi) is 4.56. The summed E-state index contributed by atoms with van der Waals surface area (Å²) in [6, 6.07) is -0.330. The van der Waals surface area contributed by atoms with Crippen molar-refractivity contribution < 1.29 is 4.79 Å². The predicted molar refractivity (Wildman–Crippen MR) is 83.7 cm³/mol. The molecule has 0 radical (unpaired) electrons. The molecule has 2 rings (SSSR count). The summed E-state index contributed by atoms with van der Waals surface area (Å²) in [6.07, 6.45) is 1.44. The Bertz CT molecular complexity index is 658. The van der Waals surface area contributed by atoms with Crippen molar-refractivity contribution in [2.75, 3.05) is 20.0 Å². The number of hydrogen-bond acceptors (Lipinski definition) is 3. The molecular formula is C14H22ClN5O. The average Bonchev–Trinajstić information content (AvgIpc) is 2.95. The minimum absolute atomic E-state index is 0.0318. The van der Waals surface area contributed by atoms with E-state index in [4.69, 9.17) is 11.6 Å². The molecular weight excluding hydrogens is 290 g/mol. The quantitative estimate of drug-likeness (QED) is 0.791. The molecule has 0 bridgehead atoms. The monoisotopic (exact) mass is 311 g/mol. The highest BCUT2D eigenvalue weighted by molar-refractivity contribution is 6.17. The zero-order valence-electron chi connectivity index (χ0n) is 13.2. The van der Waals surface area contributed by atoms with Crippen molar-refractivity contribution in [3.8, 4) is 0 Å². The van der Waals surface area contributed by atoms with Crippen LogP contribution in [-0.4, -0.2) is 50.1 Å². The summed E-state index contributed by atoms with van der Waals surface area (Å²) in [5.74, 6) is 1.34. The highest BCUT2D eigenvalue weighted by Crippen LogP contribution is 2.25. The molecule has 0 saturated heterocycles. The van der Waals surface area contributed by atoms with Crippen molar-refractivity contribution in [3.05, 3.63) is 11.5 Å². The molecule has 6 nitrogen and oxygen atoms in total. The first-order chi connectivity index (χ1) is 9.92. The summed E-state index contributed by atoms with van der Waals surface area (Å²) in [4.78, 5) is 18.6. The van der Waals surface area contributed by atoms with E-state index in [1.165, 1.54) is 0 Å². The Balaban J connectivity index is 2.66. The van der Waals surface area contributed by atoms with Gasteiger partial charge in [0.1, 0.15) is 17.4 Å². The fourth-order valence-electron chi connectivity index (χ4n) is 2.64. The lowest BCUT2D eigenvalue weighted by Crippen LogP contribution is -2.31. The van der Waals surface area contributed by atoms with Crippen LogP contribution in [0.5, 0.6) is 0 Å². The topological polar surface area (TPSA) is 56.0 Å². The van der Waals surface area contributed by atoms with E-state index in [0.29, 0.717) is 12.3 Å². The van der Waals surface area contributed by atoms with E-state index in [1.807, 2.05) is 18.5 Å². The van der Waals surface area contributed by atoms with Gasteiger partial charge in [0.05, 0.1) is 5.69 Å². The second kappa shape index (κ2) is 6.05. The van der Waals surface area contributed by atoms with Crippen molar-refractivity contribution in [2.45, 2.75) is 32.7 Å². The maximum atomic E-state index is 12.3. The summed E-state index contributed by atoms with van der Waals surface area (Å²) in [5, 5.41) is 4.49. The molecule has 2 aromatic rings. The third kappa shape index (κ3) is 2.64. The number of fused-ring (bicyclic) bond motifs is 1. The van der Waals surface area contributed by atoms with Gasteiger partial charge in [-0.15, -0.1) is 11.6 Å². The number of aryl methyl sites for hydroxylation is 3. The largest absolute Gasteiger partial charge is 0.347 e. The number of imidazole rings is 1. The van der Waals surface area contributed by atoms with Gasteiger partial charge in [-0.05, 0) is 13.3 Å². The van der Waals surface area contributed by atoms with Gasteiger partial charge in [0.2, 0.25) is 5.91 Å². The predicted octanol–water partition coefficient (Wildman–Crippen LogP) is 1.76. The molecule has 0 aliphatic carbocycles. The molecule has 2 aromatic heterocycles. The number of amides is 1. The van der Waals surface area contributed by atoms with Crippen LogP contribution in [0.25, 0.3) is 11.2 Å². The number of hydrogen-bond donors (Lipinski definition) is 0. The molecule has 0 N–H and O–H groups in total. The highest BCUT2D eigenvalue weighted by Gasteiger charge is 2.26. The zero-order valence-corrected chi connectivity index (χ0v) is 14.0. The van der Waals surface area contributed by atoms with Gasteiger partial charge in [-0.1, -0.05) is 6.92 Å². The number of carbonyl (C=O) groups is 1. The first-order valence-electron chi connectivity index (χ1n) is 7.12. The van der Waals surface area contributed by atoms with E-state index in [1.54, 1.807) is 23.7 Å². The Hall–Kier alpha value is -1.56. The van der Waals surface area contributed by atoms with Crippen LogP contribution in [0.4, 0.5) is 0 Å². The third-order valence-electron chi connectivity index (χ3n) is 3.65. The fourth-order valence-corrected chi connectivity index (χ4v) is 2.81. The Morgan fingerprint density at radius 3 is 2.62 bits per heavy atom. The second-order valence-electron chi connectivity index (χ2n) is 5.34. The van der Waals surface area contributed by atoms with E-state index >= 15 is 0 Å². The second-order valence-corrected chi connectivity index (χ2v) is 5.72. The first kappa shape index (κ1) is 15.8. The van der Waals surface area contributed by atoms with Gasteiger partial charge in [0.15, 0.2) is 5.65 Å². The summed E-state index contributed by atoms with van der Waals surface area (Å²) >= 11 is 5.89. The first-order valence-corrected chi connectivity index (χ1v) is 7.65. The van der Waals surface area contributed by atoms with Gasteiger partial charge >= 0.3 is 0 Å². The average molecular weight is 312 g/mol. The van der Waals surface area contributed by atoms with Crippen LogP contribution >= 0.6 is 11.6 Å². The van der Waals surface area contributed by atoms with E-state index in [0.717, 1.165) is 29.1 Å². The summed E-state index contributed by atoms with van der Waals surface area (Å²) in [6.45, 7) is 3.94. The number of alkyl halides is 1. The zero-order chi connectivity index (χ0) is 15.7. The van der Waals surface area contributed by atoms with Crippen molar-refractivity contribution >= 4 is 28.7 Å². The summed E-state index contributed by atoms with van der Waals surface area (Å²) in [5.41, 5.74) is 2.71. The van der Waals surface area contributed by atoms with E-state index < -0.39 is 0 Å². The van der Waals surface area contributed by atoms with Gasteiger partial charge in [-0.2, -0.15) is 5.10 Å². The number of carbonyl (C=O) groups excluding carboxylic acids is 1. The van der Waals surface area contributed by atoms with Crippen LogP contribution in [-0.2, 0) is 24.7 Å². The standard InChI is InChI=1S/C14H22ClN5O/c1-6-10-12-13(19(5)17-10)20(11(16-12)7-8-15)9(2)14(21)18(3)4/h9H,6-8H2,1-5H3. The molecule has 116 valence electrons. The molecule has 0 aromatic carbocycles. The lowest BCUT2D eigenvalue weighted by molar-refractivity contribution is -0.131. The minimum Gasteiger partial charge on any atom is -0.347 e. The SMILES string of the molecule is CCc1nn(C)c2c1nc(CCCl)n2C(C)C(=O)N(C)C. The normalized spacial score (nSPS) is 12.9.